The normalized spacial score (nSPS) is 18.4. The maximum absolute atomic E-state index is 12.8. The minimum atomic E-state index is -4.87. The summed E-state index contributed by atoms with van der Waals surface area (Å²) in [5.41, 5.74) is -0.773. The first kappa shape index (κ1) is 14.0. The molecule has 0 spiro atoms. The van der Waals surface area contributed by atoms with Crippen molar-refractivity contribution in [2.45, 2.75) is 12.3 Å². The van der Waals surface area contributed by atoms with E-state index in [2.05, 4.69) is 0 Å². The van der Waals surface area contributed by atoms with Crippen LogP contribution in [0.15, 0.2) is 17.7 Å². The third-order valence-electron chi connectivity index (χ3n) is 2.45. The van der Waals surface area contributed by atoms with E-state index in [1.165, 1.54) is 12.1 Å². The standard InChI is InChI=1S/C11H5Cl2F3O3/c12-6-2-1-4-3-5(10(17)18)9(11(14,15)16)19-8(4)7(6)13/h1-3,9H,(H,17,18)/t9-/m0/s1. The lowest BCUT2D eigenvalue weighted by Gasteiger charge is -2.27. The second-order valence-electron chi connectivity index (χ2n) is 3.72. The molecule has 2 rings (SSSR count). The van der Waals surface area contributed by atoms with Gasteiger partial charge in [-0.15, -0.1) is 0 Å². The van der Waals surface area contributed by atoms with E-state index < -0.39 is 23.8 Å². The lowest BCUT2D eigenvalue weighted by Crippen LogP contribution is -2.40. The van der Waals surface area contributed by atoms with Crippen molar-refractivity contribution < 1.29 is 27.8 Å². The molecule has 1 atom stereocenters. The summed E-state index contributed by atoms with van der Waals surface area (Å²) in [6, 6.07) is 2.68. The molecule has 1 heterocycles. The van der Waals surface area contributed by atoms with Crippen LogP contribution in [0.3, 0.4) is 0 Å². The molecule has 0 amide bonds. The fourth-order valence-corrected chi connectivity index (χ4v) is 1.99. The number of carbonyl (C=O) groups is 1. The maximum atomic E-state index is 12.8. The highest BCUT2D eigenvalue weighted by molar-refractivity contribution is 6.43. The Morgan fingerprint density at radius 3 is 2.47 bits per heavy atom. The van der Waals surface area contributed by atoms with Gasteiger partial charge in [0.2, 0.25) is 6.10 Å². The summed E-state index contributed by atoms with van der Waals surface area (Å²) in [6.07, 6.45) is -6.57. The number of hydrogen-bond acceptors (Lipinski definition) is 2. The van der Waals surface area contributed by atoms with Gasteiger partial charge in [-0.25, -0.2) is 4.79 Å². The van der Waals surface area contributed by atoms with E-state index in [0.717, 1.165) is 6.08 Å². The number of aliphatic carboxylic acids is 1. The Labute approximate surface area is 115 Å². The molecule has 1 aliphatic rings. The Kier molecular flexibility index (Phi) is 3.40. The van der Waals surface area contributed by atoms with Gasteiger partial charge in [-0.1, -0.05) is 23.2 Å². The smallest absolute Gasteiger partial charge is 0.430 e. The molecule has 3 nitrogen and oxygen atoms in total. The summed E-state index contributed by atoms with van der Waals surface area (Å²) in [5, 5.41) is 8.65. The highest BCUT2D eigenvalue weighted by Crippen LogP contribution is 2.43. The van der Waals surface area contributed by atoms with E-state index >= 15 is 0 Å². The molecule has 0 aliphatic carbocycles. The summed E-state index contributed by atoms with van der Waals surface area (Å²) >= 11 is 11.4. The van der Waals surface area contributed by atoms with Crippen molar-refractivity contribution in [3.05, 3.63) is 33.3 Å². The molecule has 0 saturated heterocycles. The summed E-state index contributed by atoms with van der Waals surface area (Å²) in [7, 11) is 0. The van der Waals surface area contributed by atoms with E-state index in [1.807, 2.05) is 0 Å². The Morgan fingerprint density at radius 1 is 1.32 bits per heavy atom. The Morgan fingerprint density at radius 2 is 1.95 bits per heavy atom. The van der Waals surface area contributed by atoms with E-state index in [1.54, 1.807) is 0 Å². The number of halogens is 5. The molecular weight excluding hydrogens is 308 g/mol. The van der Waals surface area contributed by atoms with E-state index in [4.69, 9.17) is 33.0 Å². The van der Waals surface area contributed by atoms with Crippen LogP contribution >= 0.6 is 23.2 Å². The Balaban J connectivity index is 2.61. The molecule has 1 aromatic rings. The van der Waals surface area contributed by atoms with Crippen LogP contribution in [0.4, 0.5) is 13.2 Å². The molecule has 0 unspecified atom stereocenters. The molecule has 102 valence electrons. The van der Waals surface area contributed by atoms with Gasteiger partial charge in [-0.3, -0.25) is 0 Å². The average molecular weight is 313 g/mol. The predicted molar refractivity (Wildman–Crippen MR) is 62.5 cm³/mol. The molecular formula is C11H5Cl2F3O3. The quantitative estimate of drug-likeness (QED) is 0.858. The predicted octanol–water partition coefficient (Wildman–Crippen LogP) is 3.78. The van der Waals surface area contributed by atoms with Gasteiger partial charge in [0.15, 0.2) is 0 Å². The monoisotopic (exact) mass is 312 g/mol. The number of carboxylic acids is 1. The number of benzene rings is 1. The molecule has 1 aliphatic heterocycles. The van der Waals surface area contributed by atoms with Crippen LogP contribution in [0.2, 0.25) is 10.0 Å². The van der Waals surface area contributed by atoms with Crippen molar-refractivity contribution in [2.24, 2.45) is 0 Å². The van der Waals surface area contributed by atoms with Gasteiger partial charge in [-0.2, -0.15) is 13.2 Å². The van der Waals surface area contributed by atoms with E-state index in [9.17, 15) is 18.0 Å². The molecule has 0 bridgehead atoms. The van der Waals surface area contributed by atoms with Crippen molar-refractivity contribution in [1.29, 1.82) is 0 Å². The van der Waals surface area contributed by atoms with Crippen molar-refractivity contribution in [2.75, 3.05) is 0 Å². The van der Waals surface area contributed by atoms with Crippen LogP contribution < -0.4 is 4.74 Å². The number of rotatable bonds is 1. The highest BCUT2D eigenvalue weighted by atomic mass is 35.5. The van der Waals surface area contributed by atoms with Crippen LogP contribution in [-0.4, -0.2) is 23.4 Å². The van der Waals surface area contributed by atoms with Crippen LogP contribution in [0.5, 0.6) is 5.75 Å². The first-order valence-electron chi connectivity index (χ1n) is 4.88. The molecule has 0 aromatic heterocycles. The Bertz CT molecular complexity index is 581. The van der Waals surface area contributed by atoms with Crippen molar-refractivity contribution in [3.63, 3.8) is 0 Å². The van der Waals surface area contributed by atoms with Gasteiger partial charge in [0.05, 0.1) is 10.6 Å². The molecule has 8 heteroatoms. The lowest BCUT2D eigenvalue weighted by atomic mass is 10.0. The molecule has 19 heavy (non-hydrogen) atoms. The topological polar surface area (TPSA) is 46.5 Å². The third kappa shape index (κ3) is 2.50. The molecule has 0 radical (unpaired) electrons. The molecule has 0 fully saturated rings. The van der Waals surface area contributed by atoms with Crippen LogP contribution in [0.25, 0.3) is 6.08 Å². The third-order valence-corrected chi connectivity index (χ3v) is 3.24. The second-order valence-corrected chi connectivity index (χ2v) is 4.51. The summed E-state index contributed by atoms with van der Waals surface area (Å²) in [4.78, 5) is 10.9. The zero-order chi connectivity index (χ0) is 14.4. The van der Waals surface area contributed by atoms with Crippen LogP contribution in [-0.2, 0) is 4.79 Å². The van der Waals surface area contributed by atoms with Gasteiger partial charge >= 0.3 is 12.1 Å². The van der Waals surface area contributed by atoms with Gasteiger partial charge in [0.25, 0.3) is 0 Å². The summed E-state index contributed by atoms with van der Waals surface area (Å²) in [6.45, 7) is 0. The first-order chi connectivity index (χ1) is 8.71. The number of fused-ring (bicyclic) bond motifs is 1. The minimum Gasteiger partial charge on any atom is -0.478 e. The zero-order valence-corrected chi connectivity index (χ0v) is 10.5. The lowest BCUT2D eigenvalue weighted by molar-refractivity contribution is -0.187. The zero-order valence-electron chi connectivity index (χ0n) is 8.96. The Hall–Kier alpha value is -1.40. The van der Waals surface area contributed by atoms with Crippen molar-refractivity contribution in [1.82, 2.24) is 0 Å². The highest BCUT2D eigenvalue weighted by Gasteiger charge is 2.48. The molecule has 1 N–H and O–H groups in total. The fraction of sp³-hybridized carbons (Fsp3) is 0.182. The van der Waals surface area contributed by atoms with Gasteiger partial charge in [0, 0.05) is 5.56 Å². The van der Waals surface area contributed by atoms with E-state index in [0.29, 0.717) is 0 Å². The minimum absolute atomic E-state index is 0.0218. The SMILES string of the molecule is O=C(O)C1=Cc2ccc(Cl)c(Cl)c2O[C@@H]1C(F)(F)F. The number of hydrogen-bond donors (Lipinski definition) is 1. The summed E-state index contributed by atoms with van der Waals surface area (Å²) < 4.78 is 43.0. The largest absolute Gasteiger partial charge is 0.478 e. The molecule has 1 aromatic carbocycles. The van der Waals surface area contributed by atoms with Crippen molar-refractivity contribution in [3.8, 4) is 5.75 Å². The first-order valence-corrected chi connectivity index (χ1v) is 5.63. The van der Waals surface area contributed by atoms with Crippen LogP contribution in [0.1, 0.15) is 5.56 Å². The van der Waals surface area contributed by atoms with E-state index in [-0.39, 0.29) is 21.4 Å². The van der Waals surface area contributed by atoms with Gasteiger partial charge in [-0.05, 0) is 18.2 Å². The average Bonchev–Trinajstić information content (AvgIpc) is 2.31. The molecule has 0 saturated carbocycles. The fourth-order valence-electron chi connectivity index (χ4n) is 1.62. The van der Waals surface area contributed by atoms with Crippen molar-refractivity contribution >= 4 is 35.2 Å². The number of alkyl halides is 3. The number of ether oxygens (including phenoxy) is 1. The van der Waals surface area contributed by atoms with Gasteiger partial charge in [0.1, 0.15) is 10.8 Å². The number of carboxylic acid groups (broad SMARTS) is 1. The summed E-state index contributed by atoms with van der Waals surface area (Å²) in [5.74, 6) is -1.99. The maximum Gasteiger partial charge on any atom is 0.430 e. The van der Waals surface area contributed by atoms with Crippen LogP contribution in [0, 0.1) is 0 Å². The second kappa shape index (κ2) is 4.61. The van der Waals surface area contributed by atoms with Gasteiger partial charge < -0.3 is 9.84 Å².